The van der Waals surface area contributed by atoms with E-state index in [0.29, 0.717) is 5.28 Å². The van der Waals surface area contributed by atoms with Crippen LogP contribution in [0.2, 0.25) is 5.28 Å². The maximum Gasteiger partial charge on any atom is 0.222 e. The van der Waals surface area contributed by atoms with Crippen LogP contribution in [0.3, 0.4) is 0 Å². The second-order valence-electron chi connectivity index (χ2n) is 6.89. The Bertz CT molecular complexity index is 900. The summed E-state index contributed by atoms with van der Waals surface area (Å²) in [6, 6.07) is 17.8. The number of thioether (sulfide) groups is 1. The molecule has 1 aromatic heterocycles. The van der Waals surface area contributed by atoms with Crippen molar-refractivity contribution in [1.82, 2.24) is 14.9 Å². The van der Waals surface area contributed by atoms with E-state index in [-0.39, 0.29) is 6.04 Å². The zero-order valence-electron chi connectivity index (χ0n) is 17.3. The van der Waals surface area contributed by atoms with Crippen LogP contribution >= 0.6 is 23.4 Å². The zero-order chi connectivity index (χ0) is 20.6. The summed E-state index contributed by atoms with van der Waals surface area (Å²) in [5, 5.41) is 0.301. The Morgan fingerprint density at radius 1 is 1.03 bits per heavy atom. The third-order valence-corrected chi connectivity index (χ3v) is 6.40. The molecule has 3 nitrogen and oxygen atoms in total. The van der Waals surface area contributed by atoms with Crippen LogP contribution < -0.4 is 0 Å². The van der Waals surface area contributed by atoms with Crippen molar-refractivity contribution in [2.24, 2.45) is 0 Å². The van der Waals surface area contributed by atoms with Crippen LogP contribution in [0.5, 0.6) is 0 Å². The monoisotopic (exact) mass is 425 g/mol. The first kappa shape index (κ1) is 21.8. The fourth-order valence-electron chi connectivity index (χ4n) is 3.47. The maximum atomic E-state index is 5.82. The first-order chi connectivity index (χ1) is 14.2. The van der Waals surface area contributed by atoms with E-state index in [0.717, 1.165) is 30.8 Å². The van der Waals surface area contributed by atoms with E-state index in [1.54, 1.807) is 0 Å². The quantitative estimate of drug-likeness (QED) is 0.341. The van der Waals surface area contributed by atoms with Gasteiger partial charge in [0.25, 0.3) is 0 Å². The minimum atomic E-state index is 0.274. The molecule has 1 aliphatic heterocycles. The SMILES string of the molecule is CC.CC(c1cnc(Cl)nc1)N1CCc2ccc(SCc3ccccc3)cc2C1. The Morgan fingerprint density at radius 2 is 1.76 bits per heavy atom. The van der Waals surface area contributed by atoms with E-state index in [1.807, 2.05) is 38.0 Å². The van der Waals surface area contributed by atoms with Gasteiger partial charge in [0.2, 0.25) is 5.28 Å². The highest BCUT2D eigenvalue weighted by Gasteiger charge is 2.22. The molecule has 0 amide bonds. The summed E-state index contributed by atoms with van der Waals surface area (Å²) in [7, 11) is 0. The van der Waals surface area contributed by atoms with Crippen molar-refractivity contribution in [3.63, 3.8) is 0 Å². The Hall–Kier alpha value is -1.88. The van der Waals surface area contributed by atoms with Gasteiger partial charge in [0.15, 0.2) is 0 Å². The van der Waals surface area contributed by atoms with Crippen LogP contribution in [0.15, 0.2) is 65.8 Å². The molecule has 2 heterocycles. The molecule has 0 radical (unpaired) electrons. The number of nitrogens with zero attached hydrogens (tertiary/aromatic N) is 3. The number of hydrogen-bond acceptors (Lipinski definition) is 4. The number of fused-ring (bicyclic) bond motifs is 1. The fourth-order valence-corrected chi connectivity index (χ4v) is 4.48. The topological polar surface area (TPSA) is 29.0 Å². The third kappa shape index (κ3) is 5.81. The fraction of sp³-hybridized carbons (Fsp3) is 0.333. The van der Waals surface area contributed by atoms with E-state index < -0.39 is 0 Å². The van der Waals surface area contributed by atoms with Gasteiger partial charge in [0.05, 0.1) is 0 Å². The summed E-state index contributed by atoms with van der Waals surface area (Å²) >= 11 is 7.72. The summed E-state index contributed by atoms with van der Waals surface area (Å²) in [6.45, 7) is 8.22. The van der Waals surface area contributed by atoms with Crippen LogP contribution in [0, 0.1) is 0 Å². The first-order valence-electron chi connectivity index (χ1n) is 10.2. The van der Waals surface area contributed by atoms with Crippen LogP contribution in [0.25, 0.3) is 0 Å². The zero-order valence-corrected chi connectivity index (χ0v) is 18.9. The number of rotatable bonds is 5. The molecule has 0 saturated heterocycles. The Balaban J connectivity index is 0.00000117. The lowest BCUT2D eigenvalue weighted by atomic mass is 9.97. The lowest BCUT2D eigenvalue weighted by Gasteiger charge is -2.34. The molecule has 152 valence electrons. The second kappa shape index (κ2) is 10.8. The summed E-state index contributed by atoms with van der Waals surface area (Å²) < 4.78 is 0. The molecule has 5 heteroatoms. The van der Waals surface area contributed by atoms with Gasteiger partial charge < -0.3 is 0 Å². The molecule has 1 unspecified atom stereocenters. The molecule has 0 aliphatic carbocycles. The number of halogens is 1. The average Bonchev–Trinajstić information content (AvgIpc) is 2.79. The number of hydrogen-bond donors (Lipinski definition) is 0. The summed E-state index contributed by atoms with van der Waals surface area (Å²) in [4.78, 5) is 12.1. The van der Waals surface area contributed by atoms with E-state index in [4.69, 9.17) is 11.6 Å². The third-order valence-electron chi connectivity index (χ3n) is 5.14. The summed E-state index contributed by atoms with van der Waals surface area (Å²) in [6.07, 6.45) is 4.75. The van der Waals surface area contributed by atoms with Crippen molar-refractivity contribution < 1.29 is 0 Å². The maximum absolute atomic E-state index is 5.82. The standard InChI is InChI=1S/C22H22ClN3S.C2H6/c1-16(20-12-24-22(23)25-13-20)26-10-9-18-7-8-21(11-19(18)14-26)27-15-17-5-3-2-4-6-17;1-2/h2-8,11-13,16H,9-10,14-15H2,1H3;1-2H3. The van der Waals surface area contributed by atoms with Crippen molar-refractivity contribution in [1.29, 1.82) is 0 Å². The molecule has 0 fully saturated rings. The van der Waals surface area contributed by atoms with Crippen LogP contribution in [-0.2, 0) is 18.7 Å². The largest absolute Gasteiger partial charge is 0.292 e. The Morgan fingerprint density at radius 3 is 2.48 bits per heavy atom. The molecule has 0 bridgehead atoms. The van der Waals surface area contributed by atoms with Gasteiger partial charge in [-0.25, -0.2) is 9.97 Å². The number of aromatic nitrogens is 2. The molecular weight excluding hydrogens is 398 g/mol. The smallest absolute Gasteiger partial charge is 0.222 e. The minimum Gasteiger partial charge on any atom is -0.292 e. The van der Waals surface area contributed by atoms with Crippen molar-refractivity contribution >= 4 is 23.4 Å². The van der Waals surface area contributed by atoms with E-state index >= 15 is 0 Å². The first-order valence-corrected chi connectivity index (χ1v) is 11.6. The van der Waals surface area contributed by atoms with E-state index in [1.165, 1.54) is 21.6 Å². The van der Waals surface area contributed by atoms with Gasteiger partial charge in [0, 0.05) is 47.7 Å². The van der Waals surface area contributed by atoms with Gasteiger partial charge in [-0.05, 0) is 53.8 Å². The molecule has 0 N–H and O–H groups in total. The summed E-state index contributed by atoms with van der Waals surface area (Å²) in [5.41, 5.74) is 5.37. The number of benzene rings is 2. The molecular formula is C24H28ClN3S. The van der Waals surface area contributed by atoms with Crippen molar-refractivity contribution in [3.8, 4) is 0 Å². The molecule has 2 aromatic carbocycles. The summed E-state index contributed by atoms with van der Waals surface area (Å²) in [5.74, 6) is 1.00. The highest BCUT2D eigenvalue weighted by atomic mass is 35.5. The van der Waals surface area contributed by atoms with Gasteiger partial charge in [-0.1, -0.05) is 50.2 Å². The molecule has 1 aliphatic rings. The minimum absolute atomic E-state index is 0.274. The molecule has 4 rings (SSSR count). The lowest BCUT2D eigenvalue weighted by molar-refractivity contribution is 0.191. The van der Waals surface area contributed by atoms with Crippen molar-refractivity contribution in [3.05, 3.63) is 88.5 Å². The van der Waals surface area contributed by atoms with Gasteiger partial charge in [-0.3, -0.25) is 4.90 Å². The van der Waals surface area contributed by atoms with Crippen LogP contribution in [-0.4, -0.2) is 21.4 Å². The molecule has 0 saturated carbocycles. The second-order valence-corrected chi connectivity index (χ2v) is 8.27. The average molecular weight is 426 g/mol. The molecule has 3 aromatic rings. The lowest BCUT2D eigenvalue weighted by Crippen LogP contribution is -2.33. The van der Waals surface area contributed by atoms with Crippen LogP contribution in [0.4, 0.5) is 0 Å². The van der Waals surface area contributed by atoms with Gasteiger partial charge in [0.1, 0.15) is 0 Å². The Labute approximate surface area is 183 Å². The predicted molar refractivity (Wildman–Crippen MR) is 123 cm³/mol. The van der Waals surface area contributed by atoms with Crippen LogP contribution in [0.1, 0.15) is 49.1 Å². The Kier molecular flexibility index (Phi) is 8.10. The van der Waals surface area contributed by atoms with Gasteiger partial charge in [-0.2, -0.15) is 0 Å². The normalized spacial score (nSPS) is 14.5. The van der Waals surface area contributed by atoms with Crippen molar-refractivity contribution in [2.45, 2.75) is 50.4 Å². The van der Waals surface area contributed by atoms with E-state index in [2.05, 4.69) is 70.3 Å². The highest BCUT2D eigenvalue weighted by Crippen LogP contribution is 2.31. The van der Waals surface area contributed by atoms with Crippen molar-refractivity contribution in [2.75, 3.05) is 6.54 Å². The molecule has 1 atom stereocenters. The van der Waals surface area contributed by atoms with E-state index in [9.17, 15) is 0 Å². The van der Waals surface area contributed by atoms with Gasteiger partial charge in [-0.15, -0.1) is 11.8 Å². The van der Waals surface area contributed by atoms with Gasteiger partial charge >= 0.3 is 0 Å². The highest BCUT2D eigenvalue weighted by molar-refractivity contribution is 7.98. The molecule has 0 spiro atoms. The predicted octanol–water partition coefficient (Wildman–Crippen LogP) is 6.57. The molecule has 29 heavy (non-hydrogen) atoms.